The molecule has 0 aliphatic carbocycles. The van der Waals surface area contributed by atoms with Crippen molar-refractivity contribution >= 4 is 11.5 Å². The first-order valence-corrected chi connectivity index (χ1v) is 7.63. The first kappa shape index (κ1) is 13.2. The van der Waals surface area contributed by atoms with E-state index in [1.54, 1.807) is 12.4 Å². The van der Waals surface area contributed by atoms with Crippen LogP contribution in [0, 0.1) is 0 Å². The van der Waals surface area contributed by atoms with Crippen LogP contribution >= 0.6 is 0 Å². The van der Waals surface area contributed by atoms with E-state index >= 15 is 0 Å². The van der Waals surface area contributed by atoms with Gasteiger partial charge in [0.15, 0.2) is 5.65 Å². The highest BCUT2D eigenvalue weighted by Crippen LogP contribution is 2.21. The molecule has 112 valence electrons. The summed E-state index contributed by atoms with van der Waals surface area (Å²) in [5, 5.41) is 8.23. The molecule has 1 fully saturated rings. The van der Waals surface area contributed by atoms with Gasteiger partial charge in [0.1, 0.15) is 5.82 Å². The predicted molar refractivity (Wildman–Crippen MR) is 85.9 cm³/mol. The Hall–Kier alpha value is -2.47. The Morgan fingerprint density at radius 1 is 1.00 bits per heavy atom. The molecule has 1 aliphatic rings. The van der Waals surface area contributed by atoms with E-state index in [0.717, 1.165) is 55.3 Å². The van der Waals surface area contributed by atoms with Crippen LogP contribution in [0.25, 0.3) is 16.9 Å². The highest BCUT2D eigenvalue weighted by atomic mass is 15.3. The Morgan fingerprint density at radius 2 is 1.91 bits per heavy atom. The number of imidazole rings is 1. The van der Waals surface area contributed by atoms with Gasteiger partial charge in [0.05, 0.1) is 11.9 Å². The van der Waals surface area contributed by atoms with E-state index in [4.69, 9.17) is 5.10 Å². The lowest BCUT2D eigenvalue weighted by Crippen LogP contribution is -2.29. The van der Waals surface area contributed by atoms with Gasteiger partial charge in [0, 0.05) is 37.6 Å². The third-order valence-corrected chi connectivity index (χ3v) is 3.99. The summed E-state index contributed by atoms with van der Waals surface area (Å²) in [7, 11) is 0. The third kappa shape index (κ3) is 2.42. The molecule has 1 N–H and O–H groups in total. The van der Waals surface area contributed by atoms with Crippen molar-refractivity contribution in [3.8, 4) is 11.3 Å². The molecule has 6 heteroatoms. The lowest BCUT2D eigenvalue weighted by atomic mass is 10.2. The van der Waals surface area contributed by atoms with Crippen LogP contribution in [-0.2, 0) is 0 Å². The fourth-order valence-electron chi connectivity index (χ4n) is 2.83. The number of nitrogens with zero attached hydrogens (tertiary/aromatic N) is 5. The van der Waals surface area contributed by atoms with Crippen molar-refractivity contribution in [2.45, 2.75) is 6.42 Å². The van der Waals surface area contributed by atoms with Crippen molar-refractivity contribution in [1.29, 1.82) is 0 Å². The van der Waals surface area contributed by atoms with Gasteiger partial charge in [-0.3, -0.25) is 4.98 Å². The molecule has 1 saturated heterocycles. The summed E-state index contributed by atoms with van der Waals surface area (Å²) in [4.78, 5) is 10.8. The summed E-state index contributed by atoms with van der Waals surface area (Å²) < 4.78 is 1.92. The lowest BCUT2D eigenvalue weighted by molar-refractivity contribution is 0.724. The number of hydrogen-bond donors (Lipinski definition) is 1. The summed E-state index contributed by atoms with van der Waals surface area (Å²) in [5.41, 5.74) is 2.93. The van der Waals surface area contributed by atoms with E-state index in [0.29, 0.717) is 0 Å². The maximum absolute atomic E-state index is 4.81. The maximum Gasteiger partial charge on any atom is 0.154 e. The molecule has 0 spiro atoms. The first-order chi connectivity index (χ1) is 10.9. The third-order valence-electron chi connectivity index (χ3n) is 3.99. The minimum atomic E-state index is 0.864. The summed E-state index contributed by atoms with van der Waals surface area (Å²) in [6.07, 6.45) is 6.59. The van der Waals surface area contributed by atoms with Crippen LogP contribution in [0.1, 0.15) is 6.42 Å². The van der Waals surface area contributed by atoms with Gasteiger partial charge >= 0.3 is 0 Å². The van der Waals surface area contributed by atoms with Gasteiger partial charge < -0.3 is 10.2 Å². The van der Waals surface area contributed by atoms with E-state index in [9.17, 15) is 0 Å². The minimum Gasteiger partial charge on any atom is -0.354 e. The van der Waals surface area contributed by atoms with Gasteiger partial charge in [0.2, 0.25) is 0 Å². The van der Waals surface area contributed by atoms with Crippen LogP contribution in [0.3, 0.4) is 0 Å². The molecule has 0 aromatic carbocycles. The van der Waals surface area contributed by atoms with E-state index in [-0.39, 0.29) is 0 Å². The van der Waals surface area contributed by atoms with Crippen LogP contribution in [0.2, 0.25) is 0 Å². The van der Waals surface area contributed by atoms with Crippen molar-refractivity contribution in [3.05, 3.63) is 42.9 Å². The molecule has 4 heterocycles. The average molecular weight is 294 g/mol. The van der Waals surface area contributed by atoms with Gasteiger partial charge in [-0.25, -0.2) is 9.50 Å². The molecule has 3 aromatic rings. The van der Waals surface area contributed by atoms with Crippen LogP contribution in [0.5, 0.6) is 0 Å². The molecule has 0 saturated carbocycles. The average Bonchev–Trinajstić information content (AvgIpc) is 2.80. The molecule has 22 heavy (non-hydrogen) atoms. The molecule has 6 nitrogen and oxygen atoms in total. The molecule has 0 bridgehead atoms. The molecule has 0 radical (unpaired) electrons. The van der Waals surface area contributed by atoms with Gasteiger partial charge in [-0.05, 0) is 37.2 Å². The van der Waals surface area contributed by atoms with Crippen molar-refractivity contribution in [2.24, 2.45) is 0 Å². The molecular weight excluding hydrogens is 276 g/mol. The standard InChI is InChI=1S/C16H18N6/c1-6-17-9-11-21(10-1)16-3-2-15-19-12-14(22(15)20-16)13-4-7-18-8-5-13/h2-5,7-8,12,17H,1,6,9-11H2. The van der Waals surface area contributed by atoms with Crippen LogP contribution < -0.4 is 10.2 Å². The fraction of sp³-hybridized carbons (Fsp3) is 0.312. The summed E-state index contributed by atoms with van der Waals surface area (Å²) in [6, 6.07) is 8.05. The number of anilines is 1. The van der Waals surface area contributed by atoms with Gasteiger partial charge in [0.25, 0.3) is 0 Å². The monoisotopic (exact) mass is 294 g/mol. The quantitative estimate of drug-likeness (QED) is 0.778. The number of fused-ring (bicyclic) bond motifs is 1. The number of nitrogens with one attached hydrogen (secondary N) is 1. The Bertz CT molecular complexity index is 759. The number of rotatable bonds is 2. The van der Waals surface area contributed by atoms with E-state index in [2.05, 4.69) is 26.3 Å². The van der Waals surface area contributed by atoms with Gasteiger partial charge in [-0.1, -0.05) is 0 Å². The highest BCUT2D eigenvalue weighted by Gasteiger charge is 2.13. The van der Waals surface area contributed by atoms with E-state index < -0.39 is 0 Å². The van der Waals surface area contributed by atoms with Gasteiger partial charge in [-0.2, -0.15) is 0 Å². The second kappa shape index (κ2) is 5.73. The smallest absolute Gasteiger partial charge is 0.154 e. The van der Waals surface area contributed by atoms with Crippen molar-refractivity contribution in [3.63, 3.8) is 0 Å². The second-order valence-corrected chi connectivity index (χ2v) is 5.43. The Kier molecular flexibility index (Phi) is 3.44. The Morgan fingerprint density at radius 3 is 2.82 bits per heavy atom. The van der Waals surface area contributed by atoms with Crippen LogP contribution in [-0.4, -0.2) is 45.8 Å². The summed E-state index contributed by atoms with van der Waals surface area (Å²) in [5.74, 6) is 1.00. The zero-order chi connectivity index (χ0) is 14.8. The fourth-order valence-corrected chi connectivity index (χ4v) is 2.83. The van der Waals surface area contributed by atoms with Crippen LogP contribution in [0.4, 0.5) is 5.82 Å². The number of pyridine rings is 1. The summed E-state index contributed by atoms with van der Waals surface area (Å²) in [6.45, 7) is 4.09. The Balaban J connectivity index is 1.76. The predicted octanol–water partition coefficient (Wildman–Crippen LogP) is 1.59. The largest absolute Gasteiger partial charge is 0.354 e. The molecule has 1 aliphatic heterocycles. The molecule has 4 rings (SSSR count). The van der Waals surface area contributed by atoms with Crippen molar-refractivity contribution in [2.75, 3.05) is 31.1 Å². The first-order valence-electron chi connectivity index (χ1n) is 7.63. The highest BCUT2D eigenvalue weighted by molar-refractivity contribution is 5.63. The molecule has 0 amide bonds. The molecule has 0 atom stereocenters. The van der Waals surface area contributed by atoms with Crippen molar-refractivity contribution in [1.82, 2.24) is 24.9 Å². The Labute approximate surface area is 128 Å². The lowest BCUT2D eigenvalue weighted by Gasteiger charge is -2.20. The summed E-state index contributed by atoms with van der Waals surface area (Å²) >= 11 is 0. The zero-order valence-corrected chi connectivity index (χ0v) is 12.3. The molecular formula is C16H18N6. The minimum absolute atomic E-state index is 0.864. The van der Waals surface area contributed by atoms with E-state index in [1.807, 2.05) is 28.9 Å². The second-order valence-electron chi connectivity index (χ2n) is 5.43. The number of hydrogen-bond acceptors (Lipinski definition) is 5. The normalized spacial score (nSPS) is 15.9. The molecule has 0 unspecified atom stereocenters. The number of aromatic nitrogens is 4. The topological polar surface area (TPSA) is 58.4 Å². The van der Waals surface area contributed by atoms with E-state index in [1.165, 1.54) is 0 Å². The van der Waals surface area contributed by atoms with Crippen molar-refractivity contribution < 1.29 is 0 Å². The zero-order valence-electron chi connectivity index (χ0n) is 12.3. The SMILES string of the molecule is c1cc(-c2cnc3ccc(N4CCCNCC4)nn23)ccn1. The van der Waals surface area contributed by atoms with Gasteiger partial charge in [-0.15, -0.1) is 5.10 Å². The molecule has 3 aromatic heterocycles. The van der Waals surface area contributed by atoms with Crippen LogP contribution in [0.15, 0.2) is 42.9 Å². The maximum atomic E-state index is 4.81.